The van der Waals surface area contributed by atoms with Crippen LogP contribution in [0.1, 0.15) is 5.56 Å². The van der Waals surface area contributed by atoms with E-state index in [2.05, 4.69) is 21.2 Å². The average Bonchev–Trinajstić information content (AvgIpc) is 2.14. The molecule has 2 nitrogen and oxygen atoms in total. The summed E-state index contributed by atoms with van der Waals surface area (Å²) >= 11 is 5.23. The van der Waals surface area contributed by atoms with Crippen LogP contribution in [0, 0.1) is 0 Å². The second-order valence-corrected chi connectivity index (χ2v) is 4.62. The summed E-state index contributed by atoms with van der Waals surface area (Å²) in [6.45, 7) is 0.0570. The van der Waals surface area contributed by atoms with Crippen LogP contribution in [0.25, 0.3) is 0 Å². The molecule has 82 valence electrons. The molecule has 1 amide bonds. The van der Waals surface area contributed by atoms with E-state index >= 15 is 0 Å². The topological polar surface area (TPSA) is 29.1 Å². The molecule has 0 aliphatic rings. The molecule has 0 saturated carbocycles. The van der Waals surface area contributed by atoms with Gasteiger partial charge < -0.3 is 5.32 Å². The van der Waals surface area contributed by atoms with E-state index in [1.54, 1.807) is 24.3 Å². The maximum atomic E-state index is 12.4. The fourth-order valence-corrected chi connectivity index (χ4v) is 1.48. The van der Waals surface area contributed by atoms with Gasteiger partial charge in [0.1, 0.15) is 0 Å². The summed E-state index contributed by atoms with van der Waals surface area (Å²) < 4.78 is 25.6. The lowest BCUT2D eigenvalue weighted by Crippen LogP contribution is -2.35. The monoisotopic (exact) mass is 341 g/mol. The summed E-state index contributed by atoms with van der Waals surface area (Å²) in [4.78, 5) is 7.31. The van der Waals surface area contributed by atoms with Crippen LogP contribution in [-0.2, 0) is 11.3 Å². The Kier molecular flexibility index (Phi) is 4.21. The number of amides is 1. The van der Waals surface area contributed by atoms with E-state index in [1.807, 2.05) is 15.9 Å². The van der Waals surface area contributed by atoms with E-state index in [4.69, 9.17) is 0 Å². The fourth-order valence-electron chi connectivity index (χ4n) is 0.917. The number of nitrogens with one attached hydrogen (secondary N) is 1. The SMILES string of the molecule is O=C(NCc1ccccc1Br)C(F)(F)Br. The average molecular weight is 343 g/mol. The summed E-state index contributed by atoms with van der Waals surface area (Å²) in [6, 6.07) is 7.07. The molecule has 0 radical (unpaired) electrons. The van der Waals surface area contributed by atoms with E-state index in [9.17, 15) is 13.6 Å². The molecule has 0 spiro atoms. The third-order valence-corrected chi connectivity index (χ3v) is 2.79. The normalized spacial score (nSPS) is 11.2. The summed E-state index contributed by atoms with van der Waals surface area (Å²) in [7, 11) is 0. The van der Waals surface area contributed by atoms with Crippen molar-refractivity contribution in [3.8, 4) is 0 Å². The fraction of sp³-hybridized carbons (Fsp3) is 0.222. The van der Waals surface area contributed by atoms with E-state index in [0.29, 0.717) is 0 Å². The number of hydrogen-bond acceptors (Lipinski definition) is 1. The second kappa shape index (κ2) is 5.03. The van der Waals surface area contributed by atoms with Gasteiger partial charge in [-0.3, -0.25) is 4.79 Å². The van der Waals surface area contributed by atoms with Gasteiger partial charge in [-0.2, -0.15) is 8.78 Å². The molecule has 1 N–H and O–H groups in total. The minimum atomic E-state index is -3.52. The van der Waals surface area contributed by atoms with Crippen molar-refractivity contribution in [2.75, 3.05) is 0 Å². The third-order valence-electron chi connectivity index (χ3n) is 1.65. The lowest BCUT2D eigenvalue weighted by atomic mass is 10.2. The smallest absolute Gasteiger partial charge is 0.346 e. The number of alkyl halides is 3. The lowest BCUT2D eigenvalue weighted by Gasteiger charge is -2.10. The zero-order valence-corrected chi connectivity index (χ0v) is 10.6. The summed E-state index contributed by atoms with van der Waals surface area (Å²) in [5.74, 6) is -1.35. The third kappa shape index (κ3) is 3.87. The summed E-state index contributed by atoms with van der Waals surface area (Å²) in [6.07, 6.45) is 0. The zero-order chi connectivity index (χ0) is 11.5. The first kappa shape index (κ1) is 12.6. The largest absolute Gasteiger partial charge is 0.377 e. The van der Waals surface area contributed by atoms with E-state index in [1.165, 1.54) is 0 Å². The molecule has 0 aliphatic heterocycles. The van der Waals surface area contributed by atoms with E-state index in [-0.39, 0.29) is 6.54 Å². The van der Waals surface area contributed by atoms with Crippen LogP contribution in [0.4, 0.5) is 8.78 Å². The number of halogens is 4. The molecule has 1 aromatic rings. The van der Waals surface area contributed by atoms with Crippen molar-refractivity contribution in [2.24, 2.45) is 0 Å². The maximum absolute atomic E-state index is 12.4. The van der Waals surface area contributed by atoms with Crippen molar-refractivity contribution in [3.63, 3.8) is 0 Å². The molecule has 0 heterocycles. The number of rotatable bonds is 3. The van der Waals surface area contributed by atoms with Gasteiger partial charge in [0.15, 0.2) is 0 Å². The van der Waals surface area contributed by atoms with Gasteiger partial charge in [0.25, 0.3) is 0 Å². The van der Waals surface area contributed by atoms with Crippen LogP contribution in [0.3, 0.4) is 0 Å². The number of carbonyl (C=O) groups is 1. The van der Waals surface area contributed by atoms with Gasteiger partial charge in [0, 0.05) is 26.9 Å². The number of hydrogen-bond donors (Lipinski definition) is 1. The Morgan fingerprint density at radius 3 is 2.53 bits per heavy atom. The Balaban J connectivity index is 2.59. The Labute approximate surface area is 102 Å². The molecule has 6 heteroatoms. The lowest BCUT2D eigenvalue weighted by molar-refractivity contribution is -0.134. The van der Waals surface area contributed by atoms with Gasteiger partial charge in [-0.05, 0) is 11.6 Å². The van der Waals surface area contributed by atoms with Crippen molar-refractivity contribution < 1.29 is 13.6 Å². The Morgan fingerprint density at radius 2 is 2.00 bits per heavy atom. The van der Waals surface area contributed by atoms with Crippen molar-refractivity contribution in [1.82, 2.24) is 5.32 Å². The highest BCUT2D eigenvalue weighted by molar-refractivity contribution is 9.10. The molecule has 0 unspecified atom stereocenters. The minimum Gasteiger partial charge on any atom is -0.346 e. The first-order chi connectivity index (χ1) is 6.91. The molecule has 0 aromatic heterocycles. The van der Waals surface area contributed by atoms with Crippen LogP contribution in [0.5, 0.6) is 0 Å². The van der Waals surface area contributed by atoms with E-state index < -0.39 is 10.7 Å². The molecule has 0 fully saturated rings. The first-order valence-corrected chi connectivity index (χ1v) is 5.58. The summed E-state index contributed by atoms with van der Waals surface area (Å²) in [5, 5.41) is 2.11. The summed E-state index contributed by atoms with van der Waals surface area (Å²) in [5.41, 5.74) is 0.739. The van der Waals surface area contributed by atoms with Crippen LogP contribution in [-0.4, -0.2) is 10.7 Å². The molecule has 15 heavy (non-hydrogen) atoms. The second-order valence-electron chi connectivity index (χ2n) is 2.77. The first-order valence-electron chi connectivity index (χ1n) is 3.99. The Hall–Kier alpha value is -0.490. The van der Waals surface area contributed by atoms with Crippen LogP contribution >= 0.6 is 31.9 Å². The van der Waals surface area contributed by atoms with Crippen LogP contribution in [0.2, 0.25) is 0 Å². The van der Waals surface area contributed by atoms with Gasteiger partial charge in [-0.1, -0.05) is 34.1 Å². The molecule has 1 aromatic carbocycles. The molecule has 0 saturated heterocycles. The number of carbonyl (C=O) groups excluding carboxylic acids is 1. The molecule has 0 atom stereocenters. The molecule has 0 bridgehead atoms. The van der Waals surface area contributed by atoms with Gasteiger partial charge in [-0.25, -0.2) is 0 Å². The maximum Gasteiger partial charge on any atom is 0.377 e. The van der Waals surface area contributed by atoms with E-state index in [0.717, 1.165) is 10.0 Å². The van der Waals surface area contributed by atoms with Crippen LogP contribution < -0.4 is 5.32 Å². The van der Waals surface area contributed by atoms with Crippen molar-refractivity contribution in [3.05, 3.63) is 34.3 Å². The number of benzene rings is 1. The zero-order valence-electron chi connectivity index (χ0n) is 7.44. The van der Waals surface area contributed by atoms with Gasteiger partial charge in [-0.15, -0.1) is 0 Å². The van der Waals surface area contributed by atoms with Crippen molar-refractivity contribution in [2.45, 2.75) is 11.4 Å². The van der Waals surface area contributed by atoms with Gasteiger partial charge >= 0.3 is 10.7 Å². The van der Waals surface area contributed by atoms with Crippen LogP contribution in [0.15, 0.2) is 28.7 Å². The molecule has 1 rings (SSSR count). The van der Waals surface area contributed by atoms with Crippen molar-refractivity contribution >= 4 is 37.8 Å². The molecular weight excluding hydrogens is 336 g/mol. The molecule has 0 aliphatic carbocycles. The Morgan fingerprint density at radius 1 is 1.40 bits per heavy atom. The Bertz CT molecular complexity index is 365. The predicted octanol–water partition coefficient (Wildman–Crippen LogP) is 3.05. The minimum absolute atomic E-state index is 0.0570. The van der Waals surface area contributed by atoms with Crippen molar-refractivity contribution in [1.29, 1.82) is 0 Å². The standard InChI is InChI=1S/C9H7Br2F2NO/c10-7-4-2-1-3-6(7)5-14-8(15)9(11,12)13/h1-4H,5H2,(H,14,15). The molecular formula is C9H7Br2F2NO. The quantitative estimate of drug-likeness (QED) is 0.840. The van der Waals surface area contributed by atoms with Gasteiger partial charge in [0.05, 0.1) is 0 Å². The van der Waals surface area contributed by atoms with Gasteiger partial charge in [0.2, 0.25) is 0 Å². The highest BCUT2D eigenvalue weighted by Gasteiger charge is 2.34. The highest BCUT2D eigenvalue weighted by atomic mass is 79.9. The predicted molar refractivity (Wildman–Crippen MR) is 59.9 cm³/mol. The highest BCUT2D eigenvalue weighted by Crippen LogP contribution is 2.22.